The number of aryl methyl sites for hydroxylation is 1. The Morgan fingerprint density at radius 2 is 1.11 bits per heavy atom. The van der Waals surface area contributed by atoms with Crippen LogP contribution in [0.1, 0.15) is 0 Å². The zero-order valence-electron chi connectivity index (χ0n) is 24.7. The smallest absolute Gasteiger partial charge is 0.140 e. The normalized spacial score (nSPS) is 11.8. The van der Waals surface area contributed by atoms with Crippen LogP contribution in [0.4, 0.5) is 0 Å². The van der Waals surface area contributed by atoms with E-state index in [1.54, 1.807) is 0 Å². The maximum atomic E-state index is 6.30. The molecule has 1 aliphatic heterocycles. The Morgan fingerprint density at radius 3 is 1.89 bits per heavy atom. The highest BCUT2D eigenvalue weighted by Gasteiger charge is 2.21. The first-order valence-corrected chi connectivity index (χ1v) is 15.3. The molecule has 0 radical (unpaired) electrons. The molecular formula is C42H28N2O. The Morgan fingerprint density at radius 1 is 0.467 bits per heavy atom. The second kappa shape index (κ2) is 10.1. The number of benzene rings is 7. The predicted octanol–water partition coefficient (Wildman–Crippen LogP) is 11.2. The number of ether oxygens (including phenoxy) is 1. The van der Waals surface area contributed by atoms with Gasteiger partial charge >= 0.3 is 0 Å². The van der Waals surface area contributed by atoms with Crippen LogP contribution in [0.2, 0.25) is 0 Å². The van der Waals surface area contributed by atoms with Crippen molar-refractivity contribution in [1.82, 2.24) is 9.55 Å². The van der Waals surface area contributed by atoms with Gasteiger partial charge in [0.2, 0.25) is 0 Å². The lowest BCUT2D eigenvalue weighted by molar-refractivity contribution is 0.487. The van der Waals surface area contributed by atoms with E-state index in [2.05, 4.69) is 145 Å². The van der Waals surface area contributed by atoms with Crippen LogP contribution < -0.4 is 4.74 Å². The monoisotopic (exact) mass is 576 g/mol. The van der Waals surface area contributed by atoms with Gasteiger partial charge in [0.15, 0.2) is 0 Å². The van der Waals surface area contributed by atoms with E-state index >= 15 is 0 Å². The molecule has 0 atom stereocenters. The van der Waals surface area contributed by atoms with Crippen LogP contribution in [0.15, 0.2) is 152 Å². The van der Waals surface area contributed by atoms with E-state index < -0.39 is 0 Å². The van der Waals surface area contributed by atoms with Gasteiger partial charge in [0.1, 0.15) is 17.3 Å². The molecule has 3 nitrogen and oxygen atoms in total. The second-order valence-corrected chi connectivity index (χ2v) is 11.7. The van der Waals surface area contributed by atoms with E-state index in [4.69, 9.17) is 9.72 Å². The third-order valence-electron chi connectivity index (χ3n) is 9.06. The van der Waals surface area contributed by atoms with Crippen molar-refractivity contribution >= 4 is 21.8 Å². The molecule has 7 aromatic carbocycles. The summed E-state index contributed by atoms with van der Waals surface area (Å²) >= 11 is 0. The number of imidazole rings is 1. The summed E-state index contributed by atoms with van der Waals surface area (Å²) in [6.45, 7) is 0. The van der Waals surface area contributed by atoms with Gasteiger partial charge in [-0.1, -0.05) is 127 Å². The highest BCUT2D eigenvalue weighted by atomic mass is 16.5. The first-order chi connectivity index (χ1) is 22.2. The van der Waals surface area contributed by atoms with Crippen molar-refractivity contribution in [3.05, 3.63) is 152 Å². The minimum atomic E-state index is 0.912. The Hall–Kier alpha value is -5.93. The molecule has 0 spiro atoms. The van der Waals surface area contributed by atoms with Crippen molar-refractivity contribution in [2.45, 2.75) is 0 Å². The number of para-hydroxylation sites is 1. The summed E-state index contributed by atoms with van der Waals surface area (Å²) in [5.41, 5.74) is 12.7. The molecule has 9 rings (SSSR count). The van der Waals surface area contributed by atoms with E-state index in [0.29, 0.717) is 0 Å². The number of hydrogen-bond acceptors (Lipinski definition) is 2. The third kappa shape index (κ3) is 4.16. The summed E-state index contributed by atoms with van der Waals surface area (Å²) in [6.07, 6.45) is 0. The molecule has 0 saturated heterocycles. The van der Waals surface area contributed by atoms with Gasteiger partial charge in [0.25, 0.3) is 0 Å². The summed E-state index contributed by atoms with van der Waals surface area (Å²) in [4.78, 5) is 4.97. The van der Waals surface area contributed by atoms with Gasteiger partial charge in [0, 0.05) is 23.6 Å². The average Bonchev–Trinajstić information content (AvgIpc) is 3.44. The van der Waals surface area contributed by atoms with Crippen LogP contribution in [-0.4, -0.2) is 9.55 Å². The van der Waals surface area contributed by atoms with Crippen LogP contribution in [0.5, 0.6) is 11.5 Å². The van der Waals surface area contributed by atoms with Crippen LogP contribution in [0, 0.1) is 0 Å². The van der Waals surface area contributed by atoms with E-state index in [-0.39, 0.29) is 0 Å². The first-order valence-electron chi connectivity index (χ1n) is 15.3. The van der Waals surface area contributed by atoms with Gasteiger partial charge in [0.05, 0.1) is 11.0 Å². The van der Waals surface area contributed by atoms with Crippen LogP contribution in [-0.2, 0) is 7.05 Å². The van der Waals surface area contributed by atoms with Gasteiger partial charge in [-0.2, -0.15) is 0 Å². The molecule has 0 saturated carbocycles. The fraction of sp³-hybridized carbons (Fsp3) is 0.0238. The van der Waals surface area contributed by atoms with Crippen molar-refractivity contribution in [2.75, 3.05) is 0 Å². The van der Waals surface area contributed by atoms with Gasteiger partial charge in [-0.3, -0.25) is 0 Å². The van der Waals surface area contributed by atoms with Crippen molar-refractivity contribution < 1.29 is 4.74 Å². The molecule has 0 N–H and O–H groups in total. The number of fused-ring (bicyclic) bond motifs is 3. The highest BCUT2D eigenvalue weighted by molar-refractivity contribution is 6.09. The van der Waals surface area contributed by atoms with E-state index in [1.807, 2.05) is 18.2 Å². The molecule has 0 unspecified atom stereocenters. The third-order valence-corrected chi connectivity index (χ3v) is 9.06. The highest BCUT2D eigenvalue weighted by Crippen LogP contribution is 2.48. The lowest BCUT2D eigenvalue weighted by Gasteiger charge is -2.22. The van der Waals surface area contributed by atoms with Crippen molar-refractivity contribution in [3.8, 4) is 67.4 Å². The average molecular weight is 577 g/mol. The minimum absolute atomic E-state index is 0.912. The number of nitrogens with zero attached hydrogens (tertiary/aromatic N) is 2. The quantitative estimate of drug-likeness (QED) is 0.208. The van der Waals surface area contributed by atoms with Crippen molar-refractivity contribution in [2.24, 2.45) is 7.05 Å². The molecule has 1 aliphatic rings. The van der Waals surface area contributed by atoms with E-state index in [1.165, 1.54) is 44.2 Å². The number of hydrogen-bond donors (Lipinski definition) is 0. The summed E-state index contributed by atoms with van der Waals surface area (Å²) in [5, 5.41) is 2.38. The lowest BCUT2D eigenvalue weighted by atomic mass is 9.90. The van der Waals surface area contributed by atoms with E-state index in [0.717, 1.165) is 45.0 Å². The Labute approximate surface area is 261 Å². The van der Waals surface area contributed by atoms with Gasteiger partial charge < -0.3 is 9.30 Å². The van der Waals surface area contributed by atoms with Gasteiger partial charge in [-0.15, -0.1) is 0 Å². The molecule has 45 heavy (non-hydrogen) atoms. The standard InChI is InChI=1S/C42H28N2O/c1-44-38-24-22-32(26-37(38)43-42(44)31-8-3-2-4-9-31)29-16-14-27(15-17-29)28-18-20-30(21-19-28)33-23-25-40-41-35(33)11-7-12-36(41)34-10-5-6-13-39(34)45-40/h2-26H,1H3. The fourth-order valence-corrected chi connectivity index (χ4v) is 6.75. The summed E-state index contributed by atoms with van der Waals surface area (Å²) in [5.74, 6) is 2.81. The van der Waals surface area contributed by atoms with Gasteiger partial charge in [-0.05, 0) is 68.6 Å². The number of rotatable bonds is 4. The molecule has 8 aromatic rings. The maximum absolute atomic E-state index is 6.30. The zero-order valence-corrected chi connectivity index (χ0v) is 24.7. The zero-order chi connectivity index (χ0) is 29.9. The summed E-state index contributed by atoms with van der Waals surface area (Å²) in [7, 11) is 2.08. The second-order valence-electron chi connectivity index (χ2n) is 11.7. The van der Waals surface area contributed by atoms with Gasteiger partial charge in [-0.25, -0.2) is 4.98 Å². The summed E-state index contributed by atoms with van der Waals surface area (Å²) in [6, 6.07) is 53.7. The Balaban J connectivity index is 1.01. The molecule has 0 aliphatic carbocycles. The van der Waals surface area contributed by atoms with Crippen LogP contribution in [0.25, 0.3) is 77.7 Å². The molecule has 212 valence electrons. The molecule has 2 heterocycles. The van der Waals surface area contributed by atoms with Crippen LogP contribution >= 0.6 is 0 Å². The topological polar surface area (TPSA) is 27.1 Å². The molecule has 0 amide bonds. The molecule has 0 fully saturated rings. The molecular weight excluding hydrogens is 548 g/mol. The minimum Gasteiger partial charge on any atom is -0.456 e. The lowest BCUT2D eigenvalue weighted by Crippen LogP contribution is -1.97. The predicted molar refractivity (Wildman–Crippen MR) is 185 cm³/mol. The summed E-state index contributed by atoms with van der Waals surface area (Å²) < 4.78 is 8.47. The SMILES string of the molecule is Cn1c(-c2ccccc2)nc2cc(-c3ccc(-c4ccc(-c5ccc6c7c(cccc57)-c5ccccc5O6)cc4)cc3)ccc21. The van der Waals surface area contributed by atoms with Crippen LogP contribution in [0.3, 0.4) is 0 Å². The molecule has 0 bridgehead atoms. The Kier molecular flexibility index (Phi) is 5.72. The maximum Gasteiger partial charge on any atom is 0.140 e. The van der Waals surface area contributed by atoms with E-state index in [9.17, 15) is 0 Å². The van der Waals surface area contributed by atoms with Crippen molar-refractivity contribution in [3.63, 3.8) is 0 Å². The largest absolute Gasteiger partial charge is 0.456 e. The molecule has 3 heteroatoms. The fourth-order valence-electron chi connectivity index (χ4n) is 6.75. The Bertz CT molecular complexity index is 2380. The number of aromatic nitrogens is 2. The van der Waals surface area contributed by atoms with Crippen molar-refractivity contribution in [1.29, 1.82) is 0 Å². The first kappa shape index (κ1) is 25.6. The molecule has 1 aromatic heterocycles.